The molecule has 0 aliphatic heterocycles. The molecule has 1 aromatic carbocycles. The molecule has 3 aromatic rings. The van der Waals surface area contributed by atoms with Gasteiger partial charge >= 0.3 is 5.69 Å². The second kappa shape index (κ2) is 6.64. The fourth-order valence-electron chi connectivity index (χ4n) is 2.63. The Labute approximate surface area is 146 Å². The molecule has 0 bridgehead atoms. The summed E-state index contributed by atoms with van der Waals surface area (Å²) in [5.41, 5.74) is 0.430. The third-order valence-electron chi connectivity index (χ3n) is 3.90. The summed E-state index contributed by atoms with van der Waals surface area (Å²) in [6.07, 6.45) is 0. The van der Waals surface area contributed by atoms with Gasteiger partial charge in [0.05, 0.1) is 5.52 Å². The molecule has 0 aliphatic rings. The lowest BCUT2D eigenvalue weighted by molar-refractivity contribution is -0.116. The van der Waals surface area contributed by atoms with Crippen molar-refractivity contribution in [2.24, 2.45) is 0 Å². The Kier molecular flexibility index (Phi) is 4.54. The zero-order chi connectivity index (χ0) is 18.1. The topological polar surface area (TPSA) is 73.1 Å². The number of hydrogen-bond donors (Lipinski definition) is 1. The van der Waals surface area contributed by atoms with Gasteiger partial charge in [0.15, 0.2) is 0 Å². The minimum absolute atomic E-state index is 0.226. The van der Waals surface area contributed by atoms with Crippen molar-refractivity contribution in [3.8, 4) is 0 Å². The van der Waals surface area contributed by atoms with Crippen molar-refractivity contribution in [1.29, 1.82) is 0 Å². The number of nitrogens with zero attached hydrogens (tertiary/aromatic N) is 2. The van der Waals surface area contributed by atoms with Crippen LogP contribution in [0.3, 0.4) is 0 Å². The molecule has 0 saturated carbocycles. The number of anilines is 1. The minimum atomic E-state index is -0.524. The van der Waals surface area contributed by atoms with E-state index in [-0.39, 0.29) is 24.5 Å². The maximum absolute atomic E-state index is 13.3. The Morgan fingerprint density at radius 1 is 1.24 bits per heavy atom. The number of rotatable bonds is 4. The first-order valence-corrected chi connectivity index (χ1v) is 8.57. The number of nitrogens with one attached hydrogen (secondary N) is 1. The van der Waals surface area contributed by atoms with E-state index in [0.717, 1.165) is 4.57 Å². The first-order valence-electron chi connectivity index (χ1n) is 7.69. The van der Waals surface area contributed by atoms with Crippen molar-refractivity contribution in [3.63, 3.8) is 0 Å². The summed E-state index contributed by atoms with van der Waals surface area (Å²) in [4.78, 5) is 37.1. The second-order valence-electron chi connectivity index (χ2n) is 5.57. The Morgan fingerprint density at radius 3 is 2.68 bits per heavy atom. The summed E-state index contributed by atoms with van der Waals surface area (Å²) >= 11 is 1.23. The highest BCUT2D eigenvalue weighted by molar-refractivity contribution is 7.17. The first-order chi connectivity index (χ1) is 11.9. The molecule has 0 aliphatic carbocycles. The number of fused-ring (bicyclic) bond motifs is 1. The van der Waals surface area contributed by atoms with Gasteiger partial charge in [-0.3, -0.25) is 18.7 Å². The first kappa shape index (κ1) is 17.1. The highest BCUT2D eigenvalue weighted by Crippen LogP contribution is 2.16. The van der Waals surface area contributed by atoms with Crippen LogP contribution in [0.2, 0.25) is 0 Å². The predicted molar refractivity (Wildman–Crippen MR) is 95.8 cm³/mol. The van der Waals surface area contributed by atoms with E-state index in [1.165, 1.54) is 34.1 Å². The molecule has 130 valence electrons. The highest BCUT2D eigenvalue weighted by atomic mass is 32.1. The number of aryl methyl sites for hydroxylation is 1. The fraction of sp³-hybridized carbons (Fsp3) is 0.235. The minimum Gasteiger partial charge on any atom is -0.325 e. The summed E-state index contributed by atoms with van der Waals surface area (Å²) < 4.78 is 16.1. The molecular formula is C17H16FN3O3S. The molecule has 6 nitrogen and oxygen atoms in total. The Bertz CT molecular complexity index is 1080. The third kappa shape index (κ3) is 3.12. The normalized spacial score (nSPS) is 11.0. The molecule has 1 amide bonds. The van der Waals surface area contributed by atoms with Crippen LogP contribution in [0, 0.1) is 12.7 Å². The number of carbonyl (C=O) groups excluding carboxylic acids is 1. The standard InChI is InChI=1S/C17H16FN3O3S/c1-3-20-16(23)15-13(6-7-25-15)21(17(20)24)9-14(22)19-11-4-5-12(18)10(2)8-11/h4-8H,3,9H2,1-2H3,(H,19,22). The van der Waals surface area contributed by atoms with Crippen LogP contribution in [-0.2, 0) is 17.9 Å². The van der Waals surface area contributed by atoms with E-state index in [1.807, 2.05) is 0 Å². The molecule has 3 rings (SSSR count). The lowest BCUT2D eigenvalue weighted by atomic mass is 10.2. The van der Waals surface area contributed by atoms with E-state index in [0.29, 0.717) is 21.5 Å². The van der Waals surface area contributed by atoms with Crippen LogP contribution >= 0.6 is 11.3 Å². The summed E-state index contributed by atoms with van der Waals surface area (Å²) in [5.74, 6) is -0.786. The average Bonchev–Trinajstić information content (AvgIpc) is 3.05. The van der Waals surface area contributed by atoms with Gasteiger partial charge in [-0.25, -0.2) is 9.18 Å². The number of thiophene rings is 1. The van der Waals surface area contributed by atoms with E-state index < -0.39 is 11.6 Å². The fourth-order valence-corrected chi connectivity index (χ4v) is 3.47. The van der Waals surface area contributed by atoms with Crippen molar-refractivity contribution in [2.45, 2.75) is 26.9 Å². The average molecular weight is 361 g/mol. The zero-order valence-electron chi connectivity index (χ0n) is 13.7. The van der Waals surface area contributed by atoms with Crippen LogP contribution in [0.5, 0.6) is 0 Å². The second-order valence-corrected chi connectivity index (χ2v) is 6.48. The van der Waals surface area contributed by atoms with Gasteiger partial charge in [0.25, 0.3) is 5.56 Å². The quantitative estimate of drug-likeness (QED) is 0.775. The van der Waals surface area contributed by atoms with Gasteiger partial charge in [-0.05, 0) is 49.1 Å². The molecule has 25 heavy (non-hydrogen) atoms. The van der Waals surface area contributed by atoms with Crippen molar-refractivity contribution in [1.82, 2.24) is 9.13 Å². The molecule has 2 heterocycles. The predicted octanol–water partition coefficient (Wildman–Crippen LogP) is 2.33. The monoisotopic (exact) mass is 361 g/mol. The van der Waals surface area contributed by atoms with E-state index in [1.54, 1.807) is 25.3 Å². The van der Waals surface area contributed by atoms with Crippen LogP contribution in [0.1, 0.15) is 12.5 Å². The molecule has 8 heteroatoms. The van der Waals surface area contributed by atoms with Crippen molar-refractivity contribution < 1.29 is 9.18 Å². The largest absolute Gasteiger partial charge is 0.331 e. The van der Waals surface area contributed by atoms with Gasteiger partial charge in [0.1, 0.15) is 17.1 Å². The Balaban J connectivity index is 1.96. The van der Waals surface area contributed by atoms with E-state index in [2.05, 4.69) is 5.32 Å². The molecule has 0 saturated heterocycles. The molecule has 0 radical (unpaired) electrons. The van der Waals surface area contributed by atoms with Gasteiger partial charge < -0.3 is 5.32 Å². The Hall–Kier alpha value is -2.74. The molecule has 0 atom stereocenters. The van der Waals surface area contributed by atoms with Gasteiger partial charge in [-0.15, -0.1) is 11.3 Å². The zero-order valence-corrected chi connectivity index (χ0v) is 14.5. The SMILES string of the molecule is CCn1c(=O)c2sccc2n(CC(=O)Nc2ccc(F)c(C)c2)c1=O. The summed E-state index contributed by atoms with van der Waals surface area (Å²) in [6.45, 7) is 3.29. The maximum Gasteiger partial charge on any atom is 0.331 e. The number of benzene rings is 1. The van der Waals surface area contributed by atoms with Gasteiger partial charge in [0, 0.05) is 12.2 Å². The van der Waals surface area contributed by atoms with Crippen molar-refractivity contribution >= 4 is 33.1 Å². The molecule has 0 unspecified atom stereocenters. The molecule has 1 N–H and O–H groups in total. The van der Waals surface area contributed by atoms with Gasteiger partial charge in [-0.2, -0.15) is 0 Å². The summed E-state index contributed by atoms with van der Waals surface area (Å²) in [7, 11) is 0. The third-order valence-corrected chi connectivity index (χ3v) is 4.79. The maximum atomic E-state index is 13.3. The van der Waals surface area contributed by atoms with Crippen molar-refractivity contribution in [2.75, 3.05) is 5.32 Å². The van der Waals surface area contributed by atoms with Crippen LogP contribution in [0.4, 0.5) is 10.1 Å². The van der Waals surface area contributed by atoms with Gasteiger partial charge in [-0.1, -0.05) is 0 Å². The smallest absolute Gasteiger partial charge is 0.325 e. The van der Waals surface area contributed by atoms with Crippen molar-refractivity contribution in [3.05, 3.63) is 61.9 Å². The number of amides is 1. The van der Waals surface area contributed by atoms with E-state index in [4.69, 9.17) is 0 Å². The van der Waals surface area contributed by atoms with Crippen LogP contribution < -0.4 is 16.6 Å². The molecule has 2 aromatic heterocycles. The molecule has 0 spiro atoms. The lowest BCUT2D eigenvalue weighted by Crippen LogP contribution is -2.40. The lowest BCUT2D eigenvalue weighted by Gasteiger charge is -2.11. The summed E-state index contributed by atoms with van der Waals surface area (Å²) in [5, 5.41) is 4.36. The highest BCUT2D eigenvalue weighted by Gasteiger charge is 2.15. The number of hydrogen-bond acceptors (Lipinski definition) is 4. The Morgan fingerprint density at radius 2 is 2.00 bits per heavy atom. The van der Waals surface area contributed by atoms with Crippen LogP contribution in [-0.4, -0.2) is 15.0 Å². The van der Waals surface area contributed by atoms with Gasteiger partial charge in [0.2, 0.25) is 5.91 Å². The molecule has 0 fully saturated rings. The number of carbonyl (C=O) groups is 1. The molecular weight excluding hydrogens is 345 g/mol. The number of halogens is 1. The van der Waals surface area contributed by atoms with Crippen LogP contribution in [0.15, 0.2) is 39.2 Å². The van der Waals surface area contributed by atoms with Crippen LogP contribution in [0.25, 0.3) is 10.2 Å². The van der Waals surface area contributed by atoms with E-state index >= 15 is 0 Å². The van der Waals surface area contributed by atoms with E-state index in [9.17, 15) is 18.8 Å². The number of aromatic nitrogens is 2. The summed E-state index contributed by atoms with van der Waals surface area (Å²) in [6, 6.07) is 5.89.